The van der Waals surface area contributed by atoms with E-state index >= 15 is 0 Å². The summed E-state index contributed by atoms with van der Waals surface area (Å²) in [6.45, 7) is 0.540. The molecular formula is C19H26O12S2. The molecule has 1 saturated heterocycles. The van der Waals surface area contributed by atoms with Gasteiger partial charge in [0.05, 0.1) is 19.1 Å². The predicted molar refractivity (Wildman–Crippen MR) is 112 cm³/mol. The lowest BCUT2D eigenvalue weighted by Gasteiger charge is -2.33. The van der Waals surface area contributed by atoms with Crippen LogP contribution in [0.1, 0.15) is 19.4 Å². The zero-order valence-corrected chi connectivity index (χ0v) is 20.1. The summed E-state index contributed by atoms with van der Waals surface area (Å²) in [5, 5.41) is 0. The fraction of sp³-hybridized carbons (Fsp3) is 0.579. The van der Waals surface area contributed by atoms with Gasteiger partial charge in [0.15, 0.2) is 11.7 Å². The number of rotatable bonds is 11. The number of ether oxygens (including phenoxy) is 4. The molecule has 14 heteroatoms. The molecule has 1 heterocycles. The van der Waals surface area contributed by atoms with E-state index in [1.807, 2.05) is 0 Å². The number of hydrogen-bond donors (Lipinski definition) is 0. The Labute approximate surface area is 192 Å². The second-order valence-corrected chi connectivity index (χ2v) is 10.7. The van der Waals surface area contributed by atoms with Crippen LogP contribution in [0.5, 0.6) is 0 Å². The molecule has 0 spiro atoms. The Hall–Kier alpha value is -2.10. The smallest absolute Gasteiger partial charge is 0.305 e. The Kier molecular flexibility index (Phi) is 8.95. The zero-order valence-electron chi connectivity index (χ0n) is 18.5. The van der Waals surface area contributed by atoms with Crippen molar-refractivity contribution in [2.45, 2.75) is 44.6 Å². The molecule has 2 rings (SSSR count). The summed E-state index contributed by atoms with van der Waals surface area (Å²) in [5.41, 5.74) is -1.27. The van der Waals surface area contributed by atoms with Crippen molar-refractivity contribution in [1.29, 1.82) is 0 Å². The van der Waals surface area contributed by atoms with Crippen LogP contribution in [0.25, 0.3) is 0 Å². The lowest BCUT2D eigenvalue weighted by atomic mass is 9.96. The number of carbonyl (C=O) groups excluding carboxylic acids is 2. The minimum Gasteiger partial charge on any atom is -0.453 e. The topological polar surface area (TPSA) is 158 Å². The Bertz CT molecular complexity index is 1000. The van der Waals surface area contributed by atoms with Crippen molar-refractivity contribution in [2.75, 3.05) is 25.7 Å². The van der Waals surface area contributed by atoms with Crippen molar-refractivity contribution in [3.63, 3.8) is 0 Å². The molecule has 1 aliphatic heterocycles. The fourth-order valence-electron chi connectivity index (χ4n) is 3.07. The van der Waals surface area contributed by atoms with Gasteiger partial charge in [-0.25, -0.2) is 0 Å². The highest BCUT2D eigenvalue weighted by Crippen LogP contribution is 2.38. The lowest BCUT2D eigenvalue weighted by Crippen LogP contribution is -2.53. The SMILES string of the molecule is CC(=O)O[C@H]1OC(COS(C)(=O)=O)(COS(C)(=O)=O)[C@@H](OCc2ccccc2)[C@H]1OC(C)=O. The maximum atomic E-state index is 11.8. The van der Waals surface area contributed by atoms with Gasteiger partial charge in [-0.05, 0) is 5.56 Å². The molecule has 33 heavy (non-hydrogen) atoms. The fourth-order valence-corrected chi connectivity index (χ4v) is 3.89. The van der Waals surface area contributed by atoms with Crippen LogP contribution < -0.4 is 0 Å². The average Bonchev–Trinajstić information content (AvgIpc) is 2.95. The summed E-state index contributed by atoms with van der Waals surface area (Å²) in [7, 11) is -8.06. The van der Waals surface area contributed by atoms with E-state index in [-0.39, 0.29) is 6.61 Å². The van der Waals surface area contributed by atoms with E-state index in [9.17, 15) is 26.4 Å². The van der Waals surface area contributed by atoms with E-state index in [4.69, 9.17) is 27.3 Å². The number of carbonyl (C=O) groups is 2. The molecule has 0 saturated carbocycles. The molecule has 1 fully saturated rings. The molecular weight excluding hydrogens is 484 g/mol. The van der Waals surface area contributed by atoms with Crippen LogP contribution >= 0.6 is 0 Å². The van der Waals surface area contributed by atoms with E-state index in [2.05, 4.69) is 0 Å². The molecule has 0 N–H and O–H groups in total. The van der Waals surface area contributed by atoms with Gasteiger partial charge in [-0.3, -0.25) is 18.0 Å². The third-order valence-corrected chi connectivity index (χ3v) is 5.42. The van der Waals surface area contributed by atoms with Gasteiger partial charge in [-0.15, -0.1) is 0 Å². The van der Waals surface area contributed by atoms with Gasteiger partial charge in [-0.2, -0.15) is 16.8 Å². The largest absolute Gasteiger partial charge is 0.453 e. The van der Waals surface area contributed by atoms with Gasteiger partial charge in [0, 0.05) is 13.8 Å². The van der Waals surface area contributed by atoms with Gasteiger partial charge in [0.2, 0.25) is 6.29 Å². The van der Waals surface area contributed by atoms with E-state index in [1.165, 1.54) is 0 Å². The first-order valence-electron chi connectivity index (χ1n) is 9.57. The highest BCUT2D eigenvalue weighted by atomic mass is 32.2. The first-order chi connectivity index (χ1) is 15.2. The Morgan fingerprint density at radius 3 is 1.88 bits per heavy atom. The first-order valence-corrected chi connectivity index (χ1v) is 13.2. The Morgan fingerprint density at radius 1 is 0.909 bits per heavy atom. The monoisotopic (exact) mass is 510 g/mol. The Morgan fingerprint density at radius 2 is 1.42 bits per heavy atom. The lowest BCUT2D eigenvalue weighted by molar-refractivity contribution is -0.211. The van der Waals surface area contributed by atoms with Crippen LogP contribution in [0.15, 0.2) is 30.3 Å². The minimum absolute atomic E-state index is 0.0705. The molecule has 1 aromatic rings. The normalized spacial score (nSPS) is 22.6. The van der Waals surface area contributed by atoms with Crippen LogP contribution in [0.3, 0.4) is 0 Å². The maximum Gasteiger partial charge on any atom is 0.305 e. The van der Waals surface area contributed by atoms with Crippen LogP contribution in [0.2, 0.25) is 0 Å². The van der Waals surface area contributed by atoms with E-state index in [0.29, 0.717) is 5.56 Å². The zero-order chi connectivity index (χ0) is 24.9. The second kappa shape index (κ2) is 10.9. The molecule has 186 valence electrons. The van der Waals surface area contributed by atoms with Crippen LogP contribution in [-0.4, -0.2) is 78.6 Å². The highest BCUT2D eigenvalue weighted by Gasteiger charge is 2.60. The summed E-state index contributed by atoms with van der Waals surface area (Å²) in [4.78, 5) is 23.4. The Balaban J connectivity index is 2.50. The van der Waals surface area contributed by atoms with Crippen molar-refractivity contribution >= 4 is 32.2 Å². The summed E-state index contributed by atoms with van der Waals surface area (Å²) in [5.74, 6) is -1.58. The van der Waals surface area contributed by atoms with Gasteiger partial charge in [0.25, 0.3) is 20.2 Å². The molecule has 12 nitrogen and oxygen atoms in total. The van der Waals surface area contributed by atoms with Crippen molar-refractivity contribution in [3.05, 3.63) is 35.9 Å². The molecule has 3 atom stereocenters. The third-order valence-electron chi connectivity index (χ3n) is 4.33. The van der Waals surface area contributed by atoms with Crippen molar-refractivity contribution in [1.82, 2.24) is 0 Å². The summed E-state index contributed by atoms with van der Waals surface area (Å²) >= 11 is 0. The van der Waals surface area contributed by atoms with Gasteiger partial charge >= 0.3 is 11.9 Å². The summed E-state index contributed by atoms with van der Waals surface area (Å²) in [6, 6.07) is 8.76. The first kappa shape index (κ1) is 27.1. The summed E-state index contributed by atoms with van der Waals surface area (Å²) < 4.78 is 78.5. The predicted octanol–water partition coefficient (Wildman–Crippen LogP) is 0.114. The molecule has 0 aromatic heterocycles. The molecule has 0 radical (unpaired) electrons. The average molecular weight is 511 g/mol. The van der Waals surface area contributed by atoms with Crippen LogP contribution in [-0.2, 0) is 63.7 Å². The van der Waals surface area contributed by atoms with Gasteiger partial charge in [-0.1, -0.05) is 30.3 Å². The quantitative estimate of drug-likeness (QED) is 0.293. The maximum absolute atomic E-state index is 11.8. The number of esters is 2. The molecule has 0 bridgehead atoms. The van der Waals surface area contributed by atoms with Gasteiger partial charge < -0.3 is 18.9 Å². The second-order valence-electron chi connectivity index (χ2n) is 7.38. The molecule has 0 amide bonds. The number of benzene rings is 1. The van der Waals surface area contributed by atoms with Crippen LogP contribution in [0.4, 0.5) is 0 Å². The van der Waals surface area contributed by atoms with E-state index < -0.39 is 69.5 Å². The molecule has 0 unspecified atom stereocenters. The third kappa shape index (κ3) is 8.64. The molecule has 1 aliphatic rings. The van der Waals surface area contributed by atoms with E-state index in [0.717, 1.165) is 26.4 Å². The standard InChI is InChI=1S/C19H26O12S2/c1-13(20)29-16-17(26-10-15-8-6-5-7-9-15)19(11-27-32(3,22)23,12-28-33(4,24)25)31-18(16)30-14(2)21/h5-9,16-18H,10-12H2,1-4H3/t16-,17+,18+/m1/s1. The van der Waals surface area contributed by atoms with Crippen molar-refractivity contribution < 1.29 is 53.7 Å². The van der Waals surface area contributed by atoms with Crippen molar-refractivity contribution in [2.24, 2.45) is 0 Å². The minimum atomic E-state index is -4.03. The highest BCUT2D eigenvalue weighted by molar-refractivity contribution is 7.86. The summed E-state index contributed by atoms with van der Waals surface area (Å²) in [6.07, 6.45) is -2.74. The molecule has 1 aromatic carbocycles. The number of hydrogen-bond acceptors (Lipinski definition) is 12. The van der Waals surface area contributed by atoms with Crippen LogP contribution in [0, 0.1) is 0 Å². The van der Waals surface area contributed by atoms with E-state index in [1.54, 1.807) is 30.3 Å². The van der Waals surface area contributed by atoms with Gasteiger partial charge in [0.1, 0.15) is 19.3 Å². The molecule has 0 aliphatic carbocycles. The van der Waals surface area contributed by atoms with Crippen molar-refractivity contribution in [3.8, 4) is 0 Å².